The number of aromatic amines is 1. The van der Waals surface area contributed by atoms with Gasteiger partial charge in [-0.25, -0.2) is 0 Å². The highest BCUT2D eigenvalue weighted by molar-refractivity contribution is 6.07. The lowest BCUT2D eigenvalue weighted by Gasteiger charge is -2.08. The Morgan fingerprint density at radius 1 is 1.00 bits per heavy atom. The van der Waals surface area contributed by atoms with Gasteiger partial charge in [0.25, 0.3) is 0 Å². The lowest BCUT2D eigenvalue weighted by molar-refractivity contribution is -0.680. The highest BCUT2D eigenvalue weighted by Gasteiger charge is 2.38. The van der Waals surface area contributed by atoms with Crippen LogP contribution in [0.15, 0.2) is 65.9 Å². The van der Waals surface area contributed by atoms with Crippen LogP contribution in [0.4, 0.5) is 5.82 Å². The van der Waals surface area contributed by atoms with Gasteiger partial charge in [0.2, 0.25) is 17.5 Å². The van der Waals surface area contributed by atoms with Gasteiger partial charge in [0.15, 0.2) is 0 Å². The molecule has 1 aliphatic rings. The summed E-state index contributed by atoms with van der Waals surface area (Å²) in [7, 11) is 0. The number of anilines is 1. The lowest BCUT2D eigenvalue weighted by atomic mass is 9.91. The minimum atomic E-state index is -0.116. The van der Waals surface area contributed by atoms with Gasteiger partial charge in [-0.15, -0.1) is 5.10 Å². The number of aromatic nitrogens is 5. The number of pyridine rings is 1. The molecule has 4 aromatic rings. The van der Waals surface area contributed by atoms with E-state index in [-0.39, 0.29) is 5.92 Å². The van der Waals surface area contributed by atoms with E-state index in [1.807, 2.05) is 47.3 Å². The predicted octanol–water partition coefficient (Wildman–Crippen LogP) is 1.62. The normalized spacial score (nSPS) is 16.0. The summed E-state index contributed by atoms with van der Waals surface area (Å²) in [4.78, 5) is 0. The number of hydrogen-bond donors (Lipinski definition) is 2. The highest BCUT2D eigenvalue weighted by atomic mass is 15.4. The first kappa shape index (κ1) is 13.8. The molecule has 7 nitrogen and oxygen atoms in total. The quantitative estimate of drug-likeness (QED) is 0.546. The molecule has 4 heterocycles. The van der Waals surface area contributed by atoms with Gasteiger partial charge in [0, 0.05) is 22.8 Å². The van der Waals surface area contributed by atoms with Crippen molar-refractivity contribution in [3.63, 3.8) is 0 Å². The molecule has 1 unspecified atom stereocenters. The summed E-state index contributed by atoms with van der Waals surface area (Å²) in [5.41, 5.74) is 10.3. The Hall–Kier alpha value is -3.61. The molecular weight excluding hydrogens is 314 g/mol. The van der Waals surface area contributed by atoms with Crippen molar-refractivity contribution in [2.45, 2.75) is 5.92 Å². The van der Waals surface area contributed by atoms with E-state index in [1.165, 1.54) is 0 Å². The Kier molecular flexibility index (Phi) is 2.87. The molecule has 3 aromatic heterocycles. The van der Waals surface area contributed by atoms with Crippen LogP contribution in [0.5, 0.6) is 0 Å². The molecule has 1 aliphatic heterocycles. The van der Waals surface area contributed by atoms with Crippen molar-refractivity contribution in [3.05, 3.63) is 77.7 Å². The SMILES string of the molecule is Nc1[nH]nc2nnc(C3C(c4ccccc4)=N[n+]4ccccc43)cc12. The highest BCUT2D eigenvalue weighted by Crippen LogP contribution is 2.30. The van der Waals surface area contributed by atoms with E-state index < -0.39 is 0 Å². The van der Waals surface area contributed by atoms with Crippen LogP contribution in [-0.2, 0) is 0 Å². The van der Waals surface area contributed by atoms with Crippen LogP contribution in [0.1, 0.15) is 22.9 Å². The molecule has 0 radical (unpaired) electrons. The molecule has 25 heavy (non-hydrogen) atoms. The van der Waals surface area contributed by atoms with Gasteiger partial charge in [0.05, 0.1) is 11.1 Å². The minimum Gasteiger partial charge on any atom is -0.384 e. The maximum Gasteiger partial charge on any atom is 0.229 e. The topological polar surface area (TPSA) is 96.7 Å². The number of rotatable bonds is 2. The average molecular weight is 328 g/mol. The number of H-pyrrole nitrogens is 1. The molecule has 0 saturated carbocycles. The van der Waals surface area contributed by atoms with Crippen molar-refractivity contribution < 1.29 is 4.68 Å². The van der Waals surface area contributed by atoms with Gasteiger partial charge in [-0.05, 0) is 12.1 Å². The molecule has 0 spiro atoms. The summed E-state index contributed by atoms with van der Waals surface area (Å²) in [5, 5.41) is 21.0. The molecular formula is C18H14N7+. The maximum atomic E-state index is 5.96. The molecule has 0 fully saturated rings. The molecule has 0 amide bonds. The summed E-state index contributed by atoms with van der Waals surface area (Å²) >= 11 is 0. The Balaban J connectivity index is 1.73. The van der Waals surface area contributed by atoms with Crippen molar-refractivity contribution in [2.75, 3.05) is 5.73 Å². The second kappa shape index (κ2) is 5.20. The number of fused-ring (bicyclic) bond motifs is 2. The third kappa shape index (κ3) is 2.09. The fourth-order valence-electron chi connectivity index (χ4n) is 3.20. The molecule has 3 N–H and O–H groups in total. The monoisotopic (exact) mass is 328 g/mol. The summed E-state index contributed by atoms with van der Waals surface area (Å²) in [6.07, 6.45) is 1.94. The van der Waals surface area contributed by atoms with Gasteiger partial charge < -0.3 is 5.73 Å². The molecule has 0 aliphatic carbocycles. The van der Waals surface area contributed by atoms with E-state index in [2.05, 4.69) is 38.6 Å². The van der Waals surface area contributed by atoms with E-state index in [0.29, 0.717) is 11.5 Å². The summed E-state index contributed by atoms with van der Waals surface area (Å²) in [6.45, 7) is 0. The number of hydrogen-bond acceptors (Lipinski definition) is 5. The molecule has 120 valence electrons. The van der Waals surface area contributed by atoms with Crippen LogP contribution in [0, 0.1) is 0 Å². The van der Waals surface area contributed by atoms with Crippen LogP contribution in [-0.4, -0.2) is 26.1 Å². The first-order valence-electron chi connectivity index (χ1n) is 7.93. The fourth-order valence-corrected chi connectivity index (χ4v) is 3.20. The zero-order valence-electron chi connectivity index (χ0n) is 13.2. The van der Waals surface area contributed by atoms with Gasteiger partial charge >= 0.3 is 0 Å². The van der Waals surface area contributed by atoms with Crippen LogP contribution >= 0.6 is 0 Å². The molecule has 0 bridgehead atoms. The third-order valence-electron chi connectivity index (χ3n) is 4.39. The summed E-state index contributed by atoms with van der Waals surface area (Å²) in [5.74, 6) is 0.373. The molecule has 7 heteroatoms. The van der Waals surface area contributed by atoms with Gasteiger partial charge in [-0.2, -0.15) is 10.2 Å². The third-order valence-corrected chi connectivity index (χ3v) is 4.39. The minimum absolute atomic E-state index is 0.116. The molecule has 0 saturated heterocycles. The first-order chi connectivity index (χ1) is 12.3. The largest absolute Gasteiger partial charge is 0.384 e. The smallest absolute Gasteiger partial charge is 0.229 e. The van der Waals surface area contributed by atoms with Crippen LogP contribution in [0.25, 0.3) is 11.0 Å². The zero-order chi connectivity index (χ0) is 16.8. The average Bonchev–Trinajstić information content (AvgIpc) is 3.23. The summed E-state index contributed by atoms with van der Waals surface area (Å²) < 4.78 is 1.89. The van der Waals surface area contributed by atoms with Gasteiger partial charge in [0.1, 0.15) is 17.4 Å². The van der Waals surface area contributed by atoms with E-state index in [1.54, 1.807) is 0 Å². The second-order valence-corrected chi connectivity index (χ2v) is 5.90. The Labute approximate surface area is 142 Å². The van der Waals surface area contributed by atoms with Gasteiger partial charge in [-0.1, -0.05) is 35.0 Å². The van der Waals surface area contributed by atoms with Gasteiger partial charge in [-0.3, -0.25) is 5.10 Å². The number of nitrogens with one attached hydrogen (secondary N) is 1. The summed E-state index contributed by atoms with van der Waals surface area (Å²) in [6, 6.07) is 18.1. The lowest BCUT2D eigenvalue weighted by Crippen LogP contribution is -2.28. The van der Waals surface area contributed by atoms with E-state index in [9.17, 15) is 0 Å². The van der Waals surface area contributed by atoms with E-state index in [4.69, 9.17) is 10.8 Å². The van der Waals surface area contributed by atoms with E-state index >= 15 is 0 Å². The van der Waals surface area contributed by atoms with Crippen molar-refractivity contribution >= 4 is 22.6 Å². The van der Waals surface area contributed by atoms with Crippen molar-refractivity contribution in [3.8, 4) is 0 Å². The number of nitrogens with zero attached hydrogens (tertiary/aromatic N) is 5. The Bertz CT molecular complexity index is 1110. The Morgan fingerprint density at radius 2 is 1.84 bits per heavy atom. The van der Waals surface area contributed by atoms with Crippen molar-refractivity contribution in [2.24, 2.45) is 5.10 Å². The Morgan fingerprint density at radius 3 is 2.72 bits per heavy atom. The number of nitrogens with two attached hydrogens (primary N) is 1. The number of nitrogen functional groups attached to an aromatic ring is 1. The maximum absolute atomic E-state index is 5.96. The molecule has 1 aromatic carbocycles. The standard InChI is InChI=1S/C18H14N7/c19-17-12-10-13(20-22-18(12)23-21-17)15-14-8-4-5-9-25(14)24-16(15)11-6-2-1-3-7-11/h1-10,15H,(H3,19,21,22,23)/q+1. The van der Waals surface area contributed by atoms with Crippen LogP contribution < -0.4 is 10.4 Å². The fraction of sp³-hybridized carbons (Fsp3) is 0.0556. The van der Waals surface area contributed by atoms with Crippen LogP contribution in [0.3, 0.4) is 0 Å². The van der Waals surface area contributed by atoms with Crippen molar-refractivity contribution in [1.29, 1.82) is 0 Å². The van der Waals surface area contributed by atoms with E-state index in [0.717, 1.165) is 28.0 Å². The first-order valence-corrected chi connectivity index (χ1v) is 7.93. The van der Waals surface area contributed by atoms with Crippen LogP contribution in [0.2, 0.25) is 0 Å². The second-order valence-electron chi connectivity index (χ2n) is 5.90. The molecule has 1 atom stereocenters. The predicted molar refractivity (Wildman–Crippen MR) is 93.0 cm³/mol. The zero-order valence-corrected chi connectivity index (χ0v) is 13.2. The van der Waals surface area contributed by atoms with Crippen molar-refractivity contribution in [1.82, 2.24) is 20.4 Å². The molecule has 5 rings (SSSR count). The number of benzene rings is 1.